The maximum absolute atomic E-state index is 11.6. The minimum Gasteiger partial charge on any atom is -0.424 e. The van der Waals surface area contributed by atoms with E-state index >= 15 is 0 Å². The number of aromatic nitrogens is 6. The third-order valence-electron chi connectivity index (χ3n) is 5.20. The number of nitrogens with two attached hydrogens (primary N) is 1. The highest BCUT2D eigenvalue weighted by atomic mass is 16.5. The molecule has 10 heteroatoms. The van der Waals surface area contributed by atoms with Gasteiger partial charge in [0.15, 0.2) is 5.82 Å². The Kier molecular flexibility index (Phi) is 5.60. The first kappa shape index (κ1) is 21.7. The molecule has 0 atom stereocenters. The molecule has 5 rings (SSSR count). The van der Waals surface area contributed by atoms with Gasteiger partial charge >= 0.3 is 6.01 Å². The van der Waals surface area contributed by atoms with Crippen LogP contribution in [0, 0.1) is 6.92 Å². The Labute approximate surface area is 200 Å². The van der Waals surface area contributed by atoms with Gasteiger partial charge in [-0.3, -0.25) is 4.79 Å². The Hall–Kier alpha value is -5.12. The molecule has 2 aromatic carbocycles. The van der Waals surface area contributed by atoms with Gasteiger partial charge in [0.05, 0.1) is 0 Å². The van der Waals surface area contributed by atoms with Crippen molar-refractivity contribution in [3.63, 3.8) is 0 Å². The summed E-state index contributed by atoms with van der Waals surface area (Å²) in [5.74, 6) is 0.605. The molecule has 3 heterocycles. The van der Waals surface area contributed by atoms with Crippen molar-refractivity contribution in [1.29, 1.82) is 0 Å². The van der Waals surface area contributed by atoms with Crippen LogP contribution in [0.3, 0.4) is 0 Å². The van der Waals surface area contributed by atoms with Crippen LogP contribution in [0.25, 0.3) is 27.9 Å². The first-order chi connectivity index (χ1) is 17.0. The van der Waals surface area contributed by atoms with Crippen molar-refractivity contribution in [3.05, 3.63) is 85.5 Å². The number of ether oxygens (including phenoxy) is 1. The second kappa shape index (κ2) is 9.02. The summed E-state index contributed by atoms with van der Waals surface area (Å²) < 4.78 is 7.24. The molecule has 0 aliphatic rings. The lowest BCUT2D eigenvalue weighted by Gasteiger charge is -2.08. The third-order valence-corrected chi connectivity index (χ3v) is 5.20. The number of rotatable bonds is 6. The molecule has 0 saturated heterocycles. The average molecular weight is 464 g/mol. The number of hydrogen-bond donors (Lipinski definition) is 2. The van der Waals surface area contributed by atoms with Crippen LogP contribution >= 0.6 is 0 Å². The largest absolute Gasteiger partial charge is 0.424 e. The van der Waals surface area contributed by atoms with E-state index in [0.717, 1.165) is 22.4 Å². The maximum Gasteiger partial charge on any atom is 0.322 e. The van der Waals surface area contributed by atoms with E-state index in [9.17, 15) is 4.79 Å². The number of fused-ring (bicyclic) bond motifs is 1. The Morgan fingerprint density at radius 1 is 1.06 bits per heavy atom. The van der Waals surface area contributed by atoms with E-state index in [0.29, 0.717) is 28.5 Å². The number of nitrogens with zero attached hydrogens (tertiary/aromatic N) is 6. The van der Waals surface area contributed by atoms with Gasteiger partial charge < -0.3 is 15.8 Å². The fourth-order valence-corrected chi connectivity index (χ4v) is 3.57. The van der Waals surface area contributed by atoms with Crippen LogP contribution in [-0.2, 0) is 4.79 Å². The van der Waals surface area contributed by atoms with Crippen molar-refractivity contribution in [1.82, 2.24) is 29.8 Å². The highest BCUT2D eigenvalue weighted by Crippen LogP contribution is 2.37. The molecule has 0 aliphatic carbocycles. The Morgan fingerprint density at radius 3 is 2.51 bits per heavy atom. The number of carbonyl (C=O) groups is 1. The van der Waals surface area contributed by atoms with Crippen LogP contribution in [-0.4, -0.2) is 35.7 Å². The van der Waals surface area contributed by atoms with E-state index < -0.39 is 0 Å². The molecular weight excluding hydrogens is 444 g/mol. The number of aryl methyl sites for hydroxylation is 1. The molecule has 3 N–H and O–H groups in total. The number of amides is 1. The zero-order valence-corrected chi connectivity index (χ0v) is 18.7. The smallest absolute Gasteiger partial charge is 0.322 e. The summed E-state index contributed by atoms with van der Waals surface area (Å²) in [6.07, 6.45) is 4.22. The fourth-order valence-electron chi connectivity index (χ4n) is 3.57. The van der Waals surface area contributed by atoms with E-state index in [1.54, 1.807) is 24.4 Å². The second-order valence-electron chi connectivity index (χ2n) is 7.58. The number of carbonyl (C=O) groups excluding carboxylic acids is 1. The molecular formula is C25H20N8O2. The van der Waals surface area contributed by atoms with Gasteiger partial charge in [-0.05, 0) is 48.9 Å². The summed E-state index contributed by atoms with van der Waals surface area (Å²) >= 11 is 0. The lowest BCUT2D eigenvalue weighted by Crippen LogP contribution is -2.06. The van der Waals surface area contributed by atoms with Gasteiger partial charge in [0.2, 0.25) is 5.91 Å². The molecule has 0 bridgehead atoms. The predicted molar refractivity (Wildman–Crippen MR) is 132 cm³/mol. The number of benzene rings is 2. The molecule has 5 aromatic rings. The summed E-state index contributed by atoms with van der Waals surface area (Å²) in [7, 11) is 0. The SMILES string of the molecule is C=CC(=O)Nc1ccc(-c2nn3ncnc(N)c3c2-c2ccc(Oc3nccc(C)n3)cc2)cc1. The zero-order valence-electron chi connectivity index (χ0n) is 18.7. The van der Waals surface area contributed by atoms with Crippen LogP contribution in [0.4, 0.5) is 11.5 Å². The van der Waals surface area contributed by atoms with Gasteiger partial charge in [-0.2, -0.15) is 0 Å². The topological polar surface area (TPSA) is 133 Å². The molecule has 10 nitrogen and oxygen atoms in total. The van der Waals surface area contributed by atoms with Gasteiger partial charge in [0.25, 0.3) is 0 Å². The number of nitrogens with one attached hydrogen (secondary N) is 1. The summed E-state index contributed by atoms with van der Waals surface area (Å²) in [6.45, 7) is 5.34. The first-order valence-electron chi connectivity index (χ1n) is 10.6. The lowest BCUT2D eigenvalue weighted by molar-refractivity contribution is -0.111. The van der Waals surface area contributed by atoms with Crippen LogP contribution < -0.4 is 15.8 Å². The van der Waals surface area contributed by atoms with Crippen LogP contribution in [0.5, 0.6) is 11.8 Å². The quantitative estimate of drug-likeness (QED) is 0.360. The van der Waals surface area contributed by atoms with E-state index in [4.69, 9.17) is 10.5 Å². The summed E-state index contributed by atoms with van der Waals surface area (Å²) in [6, 6.07) is 16.8. The van der Waals surface area contributed by atoms with E-state index in [1.165, 1.54) is 17.0 Å². The molecule has 0 radical (unpaired) electrons. The standard InChI is InChI=1S/C25H20N8O2/c1-3-20(34)31-18-8-4-17(5-9-18)22-21(23-24(26)28-14-29-33(23)32-22)16-6-10-19(11-7-16)35-25-27-13-12-15(2)30-25/h3-14H,1H2,2H3,(H,31,34)(H2,26,28,29). The molecule has 35 heavy (non-hydrogen) atoms. The molecule has 0 spiro atoms. The van der Waals surface area contributed by atoms with Gasteiger partial charge in [-0.25, -0.2) is 15.0 Å². The monoisotopic (exact) mass is 464 g/mol. The van der Waals surface area contributed by atoms with Crippen molar-refractivity contribution >= 4 is 22.9 Å². The van der Waals surface area contributed by atoms with Crippen molar-refractivity contribution in [2.24, 2.45) is 0 Å². The number of anilines is 2. The van der Waals surface area contributed by atoms with Gasteiger partial charge in [0, 0.05) is 28.7 Å². The minimum atomic E-state index is -0.285. The highest BCUT2D eigenvalue weighted by Gasteiger charge is 2.20. The summed E-state index contributed by atoms with van der Waals surface area (Å²) in [4.78, 5) is 24.1. The van der Waals surface area contributed by atoms with Crippen molar-refractivity contribution in [2.45, 2.75) is 6.92 Å². The molecule has 1 amide bonds. The van der Waals surface area contributed by atoms with Crippen LogP contribution in [0.15, 0.2) is 79.8 Å². The first-order valence-corrected chi connectivity index (χ1v) is 10.6. The van der Waals surface area contributed by atoms with E-state index in [1.807, 2.05) is 43.3 Å². The van der Waals surface area contributed by atoms with Crippen molar-refractivity contribution in [2.75, 3.05) is 11.1 Å². The molecule has 0 unspecified atom stereocenters. The summed E-state index contributed by atoms with van der Waals surface area (Å²) in [5, 5.41) is 11.6. The predicted octanol–water partition coefficient (Wildman–Crippen LogP) is 4.06. The minimum absolute atomic E-state index is 0.274. The van der Waals surface area contributed by atoms with E-state index in [-0.39, 0.29) is 11.9 Å². The molecule has 0 aliphatic heterocycles. The third kappa shape index (κ3) is 4.40. The fraction of sp³-hybridized carbons (Fsp3) is 0.0400. The molecule has 0 saturated carbocycles. The molecule has 172 valence electrons. The Balaban J connectivity index is 1.55. The van der Waals surface area contributed by atoms with Gasteiger partial charge in [0.1, 0.15) is 23.3 Å². The van der Waals surface area contributed by atoms with Crippen LogP contribution in [0.1, 0.15) is 5.69 Å². The van der Waals surface area contributed by atoms with Gasteiger partial charge in [-0.1, -0.05) is 30.8 Å². The van der Waals surface area contributed by atoms with E-state index in [2.05, 4.69) is 37.0 Å². The number of hydrogen-bond acceptors (Lipinski definition) is 8. The lowest BCUT2D eigenvalue weighted by atomic mass is 9.99. The molecule has 3 aromatic heterocycles. The summed E-state index contributed by atoms with van der Waals surface area (Å²) in [5.41, 5.74) is 11.3. The maximum atomic E-state index is 11.6. The Bertz CT molecular complexity index is 1540. The van der Waals surface area contributed by atoms with Crippen molar-refractivity contribution in [3.8, 4) is 34.1 Å². The normalized spacial score (nSPS) is 10.8. The average Bonchev–Trinajstić information content (AvgIpc) is 3.26. The highest BCUT2D eigenvalue weighted by molar-refractivity contribution is 5.99. The van der Waals surface area contributed by atoms with Crippen LogP contribution in [0.2, 0.25) is 0 Å². The second-order valence-corrected chi connectivity index (χ2v) is 7.58. The Morgan fingerprint density at radius 2 is 1.80 bits per heavy atom. The van der Waals surface area contributed by atoms with Gasteiger partial charge in [-0.15, -0.1) is 14.8 Å². The molecule has 0 fully saturated rings. The van der Waals surface area contributed by atoms with Crippen molar-refractivity contribution < 1.29 is 9.53 Å². The number of nitrogen functional groups attached to an aromatic ring is 1. The zero-order chi connectivity index (χ0) is 24.4.